The zero-order valence-electron chi connectivity index (χ0n) is 9.23. The van der Waals surface area contributed by atoms with Gasteiger partial charge in [0.2, 0.25) is 0 Å². The maximum atomic E-state index is 11.9. The van der Waals surface area contributed by atoms with Crippen molar-refractivity contribution in [3.8, 4) is 6.07 Å². The van der Waals surface area contributed by atoms with Gasteiger partial charge in [-0.1, -0.05) is 18.2 Å². The van der Waals surface area contributed by atoms with Gasteiger partial charge in [0.25, 0.3) is 5.91 Å². The molecule has 0 bridgehead atoms. The number of carbonyl (C=O) groups is 1. The molecule has 1 N–H and O–H groups in total. The molecule has 1 fully saturated rings. The maximum Gasteiger partial charge on any atom is 0.252 e. The van der Waals surface area contributed by atoms with Gasteiger partial charge in [-0.05, 0) is 37.8 Å². The van der Waals surface area contributed by atoms with Crippen LogP contribution in [-0.4, -0.2) is 11.4 Å². The molecule has 1 aliphatic rings. The first-order chi connectivity index (χ1) is 7.65. The van der Waals surface area contributed by atoms with E-state index >= 15 is 0 Å². The van der Waals surface area contributed by atoms with Crippen LogP contribution < -0.4 is 5.32 Å². The molecule has 16 heavy (non-hydrogen) atoms. The number of hydrogen-bond acceptors (Lipinski definition) is 2. The summed E-state index contributed by atoms with van der Waals surface area (Å²) in [6.45, 7) is 1.80. The zero-order chi connectivity index (χ0) is 11.6. The Morgan fingerprint density at radius 2 is 2.06 bits per heavy atom. The molecule has 0 aliphatic heterocycles. The van der Waals surface area contributed by atoms with Crippen molar-refractivity contribution in [1.82, 2.24) is 5.32 Å². The van der Waals surface area contributed by atoms with Crippen LogP contribution in [0.4, 0.5) is 0 Å². The van der Waals surface area contributed by atoms with E-state index in [-0.39, 0.29) is 5.91 Å². The largest absolute Gasteiger partial charge is 0.334 e. The van der Waals surface area contributed by atoms with Gasteiger partial charge in [-0.25, -0.2) is 0 Å². The van der Waals surface area contributed by atoms with Crippen LogP contribution in [0.5, 0.6) is 0 Å². The number of carbonyl (C=O) groups excluding carboxylic acids is 1. The molecule has 1 amide bonds. The molecule has 1 aromatic rings. The van der Waals surface area contributed by atoms with Crippen LogP contribution >= 0.6 is 0 Å². The van der Waals surface area contributed by atoms with E-state index in [9.17, 15) is 4.79 Å². The van der Waals surface area contributed by atoms with Crippen LogP contribution in [0.25, 0.3) is 0 Å². The first kappa shape index (κ1) is 10.7. The Labute approximate surface area is 95.1 Å². The van der Waals surface area contributed by atoms with Crippen LogP contribution in [0, 0.1) is 17.2 Å². The fourth-order valence-electron chi connectivity index (χ4n) is 1.78. The van der Waals surface area contributed by atoms with Crippen molar-refractivity contribution in [3.63, 3.8) is 0 Å². The van der Waals surface area contributed by atoms with Crippen molar-refractivity contribution in [2.75, 3.05) is 0 Å². The van der Waals surface area contributed by atoms with Gasteiger partial charge < -0.3 is 5.32 Å². The van der Waals surface area contributed by atoms with Gasteiger partial charge in [-0.2, -0.15) is 5.26 Å². The molecule has 2 rings (SSSR count). The summed E-state index contributed by atoms with van der Waals surface area (Å²) in [6, 6.07) is 11.2. The summed E-state index contributed by atoms with van der Waals surface area (Å²) in [5, 5.41) is 11.9. The fourth-order valence-corrected chi connectivity index (χ4v) is 1.78. The molecule has 3 heteroatoms. The molecule has 1 saturated carbocycles. The van der Waals surface area contributed by atoms with Gasteiger partial charge in [0.1, 0.15) is 5.54 Å². The second kappa shape index (κ2) is 3.97. The summed E-state index contributed by atoms with van der Waals surface area (Å²) in [5.74, 6) is 0.140. The monoisotopic (exact) mass is 214 g/mol. The number of nitriles is 1. The van der Waals surface area contributed by atoms with Gasteiger partial charge in [-0.3, -0.25) is 4.79 Å². The van der Waals surface area contributed by atoms with Crippen LogP contribution in [0.2, 0.25) is 0 Å². The lowest BCUT2D eigenvalue weighted by atomic mass is 9.97. The Bertz CT molecular complexity index is 431. The fraction of sp³-hybridized carbons (Fsp3) is 0.385. The number of hydrogen-bond donors (Lipinski definition) is 1. The second-order valence-corrected chi connectivity index (χ2v) is 4.41. The van der Waals surface area contributed by atoms with Crippen LogP contribution in [0.3, 0.4) is 0 Å². The SMILES string of the molecule is CC(C#N)(NC(=O)c1ccccc1)C1CC1. The third-order valence-electron chi connectivity index (χ3n) is 3.04. The van der Waals surface area contributed by atoms with Gasteiger partial charge in [0.05, 0.1) is 6.07 Å². The van der Waals surface area contributed by atoms with E-state index in [4.69, 9.17) is 5.26 Å². The molecule has 1 unspecified atom stereocenters. The minimum Gasteiger partial charge on any atom is -0.334 e. The predicted octanol–water partition coefficient (Wildman–Crippen LogP) is 2.11. The average molecular weight is 214 g/mol. The Hall–Kier alpha value is -1.82. The number of nitrogens with one attached hydrogen (secondary N) is 1. The average Bonchev–Trinajstić information content (AvgIpc) is 3.14. The lowest BCUT2D eigenvalue weighted by Gasteiger charge is -2.22. The van der Waals surface area contributed by atoms with Crippen LogP contribution in [0.1, 0.15) is 30.1 Å². The Balaban J connectivity index is 2.10. The quantitative estimate of drug-likeness (QED) is 0.837. The predicted molar refractivity (Wildman–Crippen MR) is 60.7 cm³/mol. The molecule has 0 heterocycles. The summed E-state index contributed by atoms with van der Waals surface area (Å²) in [4.78, 5) is 11.9. The normalized spacial score (nSPS) is 18.2. The highest BCUT2D eigenvalue weighted by molar-refractivity contribution is 5.94. The Morgan fingerprint density at radius 1 is 1.44 bits per heavy atom. The van der Waals surface area contributed by atoms with E-state index in [1.807, 2.05) is 18.2 Å². The summed E-state index contributed by atoms with van der Waals surface area (Å²) in [5.41, 5.74) is -0.114. The van der Waals surface area contributed by atoms with Crippen LogP contribution in [-0.2, 0) is 0 Å². The van der Waals surface area contributed by atoms with E-state index in [1.165, 1.54) is 0 Å². The molecular formula is C13H14N2O. The topological polar surface area (TPSA) is 52.9 Å². The zero-order valence-corrected chi connectivity index (χ0v) is 9.23. The van der Waals surface area contributed by atoms with Crippen molar-refractivity contribution in [1.29, 1.82) is 5.26 Å². The number of nitrogens with zero attached hydrogens (tertiary/aromatic N) is 1. The van der Waals surface area contributed by atoms with Crippen molar-refractivity contribution >= 4 is 5.91 Å². The minimum atomic E-state index is -0.715. The molecular weight excluding hydrogens is 200 g/mol. The van der Waals surface area contributed by atoms with Crippen molar-refractivity contribution in [3.05, 3.63) is 35.9 Å². The summed E-state index contributed by atoms with van der Waals surface area (Å²) >= 11 is 0. The van der Waals surface area contributed by atoms with Crippen molar-refractivity contribution < 1.29 is 4.79 Å². The molecule has 1 aromatic carbocycles. The highest BCUT2D eigenvalue weighted by Crippen LogP contribution is 2.39. The molecule has 0 spiro atoms. The smallest absolute Gasteiger partial charge is 0.252 e. The molecule has 0 aromatic heterocycles. The van der Waals surface area contributed by atoms with Gasteiger partial charge in [-0.15, -0.1) is 0 Å². The van der Waals surface area contributed by atoms with E-state index in [1.54, 1.807) is 19.1 Å². The molecule has 1 atom stereocenters. The lowest BCUT2D eigenvalue weighted by molar-refractivity contribution is 0.0917. The van der Waals surface area contributed by atoms with Crippen molar-refractivity contribution in [2.24, 2.45) is 5.92 Å². The lowest BCUT2D eigenvalue weighted by Crippen LogP contribution is -2.46. The van der Waals surface area contributed by atoms with Crippen molar-refractivity contribution in [2.45, 2.75) is 25.3 Å². The maximum absolute atomic E-state index is 11.9. The highest BCUT2D eigenvalue weighted by Gasteiger charge is 2.43. The van der Waals surface area contributed by atoms with E-state index < -0.39 is 5.54 Å². The first-order valence-electron chi connectivity index (χ1n) is 5.44. The second-order valence-electron chi connectivity index (χ2n) is 4.41. The molecule has 82 valence electrons. The number of amides is 1. The number of benzene rings is 1. The van der Waals surface area contributed by atoms with E-state index in [0.29, 0.717) is 11.5 Å². The van der Waals surface area contributed by atoms with Gasteiger partial charge in [0, 0.05) is 5.56 Å². The Morgan fingerprint density at radius 3 is 2.56 bits per heavy atom. The highest BCUT2D eigenvalue weighted by atomic mass is 16.1. The summed E-state index contributed by atoms with van der Waals surface area (Å²) in [6.07, 6.45) is 2.05. The Kier molecular flexibility index (Phi) is 2.66. The van der Waals surface area contributed by atoms with Crippen LogP contribution in [0.15, 0.2) is 30.3 Å². The molecule has 0 radical (unpaired) electrons. The molecule has 3 nitrogen and oxygen atoms in total. The molecule has 0 saturated heterocycles. The van der Waals surface area contributed by atoms with E-state index in [0.717, 1.165) is 12.8 Å². The van der Waals surface area contributed by atoms with E-state index in [2.05, 4.69) is 11.4 Å². The van der Waals surface area contributed by atoms with Gasteiger partial charge >= 0.3 is 0 Å². The first-order valence-corrected chi connectivity index (χ1v) is 5.44. The minimum absolute atomic E-state index is 0.170. The third-order valence-corrected chi connectivity index (χ3v) is 3.04. The summed E-state index contributed by atoms with van der Waals surface area (Å²) < 4.78 is 0. The third kappa shape index (κ3) is 2.06. The summed E-state index contributed by atoms with van der Waals surface area (Å²) in [7, 11) is 0. The number of rotatable bonds is 3. The molecule has 1 aliphatic carbocycles. The standard InChI is InChI=1S/C13H14N2O/c1-13(9-14,11-7-8-11)15-12(16)10-5-3-2-4-6-10/h2-6,11H,7-8H2,1H3,(H,15,16). The van der Waals surface area contributed by atoms with Gasteiger partial charge in [0.15, 0.2) is 0 Å².